The predicted molar refractivity (Wildman–Crippen MR) is 61.0 cm³/mol. The number of thioether (sulfide) groups is 1. The number of rotatable bonds is 4. The molecular formula is C10H12F3N3S. The quantitative estimate of drug-likeness (QED) is 0.906. The predicted octanol–water partition coefficient (Wildman–Crippen LogP) is 2.80. The summed E-state index contributed by atoms with van der Waals surface area (Å²) in [5.41, 5.74) is -0.913. The standard InChI is InChI=1S/C10H12F3N3S/c1-17-9(3-4-9)6-15-8-14-5-2-7(16-8)10(11,12)13/h2,5H,3-4,6H2,1H3,(H,14,15,16). The Balaban J connectivity index is 2.02. The van der Waals surface area contributed by atoms with Gasteiger partial charge in [-0.15, -0.1) is 0 Å². The molecule has 94 valence electrons. The molecule has 1 N–H and O–H groups in total. The van der Waals surface area contributed by atoms with Crippen molar-refractivity contribution in [1.82, 2.24) is 9.97 Å². The normalized spacial score (nSPS) is 17.9. The summed E-state index contributed by atoms with van der Waals surface area (Å²) in [6, 6.07) is 0.868. The van der Waals surface area contributed by atoms with Crippen LogP contribution in [0.5, 0.6) is 0 Å². The molecule has 1 aliphatic carbocycles. The summed E-state index contributed by atoms with van der Waals surface area (Å²) in [7, 11) is 0. The summed E-state index contributed by atoms with van der Waals surface area (Å²) in [5, 5.41) is 2.87. The minimum absolute atomic E-state index is 0.0418. The third-order valence-electron chi connectivity index (χ3n) is 2.76. The monoisotopic (exact) mass is 263 g/mol. The van der Waals surface area contributed by atoms with Crippen molar-refractivity contribution in [2.75, 3.05) is 18.1 Å². The summed E-state index contributed by atoms with van der Waals surface area (Å²) in [6.07, 6.45) is 0.870. The van der Waals surface area contributed by atoms with Crippen molar-refractivity contribution in [3.8, 4) is 0 Å². The zero-order valence-electron chi connectivity index (χ0n) is 9.21. The minimum atomic E-state index is -4.42. The first-order chi connectivity index (χ1) is 7.95. The lowest BCUT2D eigenvalue weighted by Crippen LogP contribution is -2.19. The maximum Gasteiger partial charge on any atom is 0.433 e. The summed E-state index contributed by atoms with van der Waals surface area (Å²) in [4.78, 5) is 7.24. The van der Waals surface area contributed by atoms with E-state index in [9.17, 15) is 13.2 Å². The first-order valence-corrected chi connectivity index (χ1v) is 6.37. The molecule has 3 nitrogen and oxygen atoms in total. The van der Waals surface area contributed by atoms with Crippen LogP contribution in [0.25, 0.3) is 0 Å². The zero-order chi connectivity index (χ0) is 12.5. The van der Waals surface area contributed by atoms with Gasteiger partial charge in [0.1, 0.15) is 5.69 Å². The van der Waals surface area contributed by atoms with Gasteiger partial charge in [-0.1, -0.05) is 0 Å². The van der Waals surface area contributed by atoms with Gasteiger partial charge < -0.3 is 5.32 Å². The maximum atomic E-state index is 12.4. The fraction of sp³-hybridized carbons (Fsp3) is 0.600. The summed E-state index contributed by atoms with van der Waals surface area (Å²) >= 11 is 1.73. The fourth-order valence-electron chi connectivity index (χ4n) is 1.43. The summed E-state index contributed by atoms with van der Waals surface area (Å²) in [5.74, 6) is 0.0418. The van der Waals surface area contributed by atoms with E-state index in [1.165, 1.54) is 0 Å². The van der Waals surface area contributed by atoms with E-state index in [2.05, 4.69) is 15.3 Å². The third-order valence-corrected chi connectivity index (χ3v) is 4.17. The second kappa shape index (κ2) is 4.36. The highest BCUT2D eigenvalue weighted by molar-refractivity contribution is 8.00. The van der Waals surface area contributed by atoms with Gasteiger partial charge in [-0.25, -0.2) is 9.97 Å². The van der Waals surface area contributed by atoms with E-state index in [0.717, 1.165) is 25.1 Å². The van der Waals surface area contributed by atoms with Gasteiger partial charge in [-0.2, -0.15) is 24.9 Å². The molecule has 0 aromatic carbocycles. The van der Waals surface area contributed by atoms with Gasteiger partial charge in [-0.05, 0) is 25.2 Å². The van der Waals surface area contributed by atoms with E-state index < -0.39 is 11.9 Å². The largest absolute Gasteiger partial charge is 0.433 e. The zero-order valence-corrected chi connectivity index (χ0v) is 10.0. The number of nitrogens with zero attached hydrogens (tertiary/aromatic N) is 2. The average Bonchev–Trinajstić information content (AvgIpc) is 3.06. The highest BCUT2D eigenvalue weighted by Crippen LogP contribution is 2.46. The van der Waals surface area contributed by atoms with Gasteiger partial charge in [0.2, 0.25) is 5.95 Å². The number of aromatic nitrogens is 2. The fourth-order valence-corrected chi connectivity index (χ4v) is 2.16. The summed E-state index contributed by atoms with van der Waals surface area (Å²) in [6.45, 7) is 0.607. The van der Waals surface area contributed by atoms with E-state index in [1.54, 1.807) is 11.8 Å². The molecule has 2 rings (SSSR count). The van der Waals surface area contributed by atoms with E-state index >= 15 is 0 Å². The van der Waals surface area contributed by atoms with Gasteiger partial charge in [0.25, 0.3) is 0 Å². The molecule has 0 atom stereocenters. The molecule has 7 heteroatoms. The third kappa shape index (κ3) is 3.02. The van der Waals surface area contributed by atoms with Crippen molar-refractivity contribution in [2.24, 2.45) is 0 Å². The van der Waals surface area contributed by atoms with Crippen LogP contribution < -0.4 is 5.32 Å². The van der Waals surface area contributed by atoms with Crippen LogP contribution >= 0.6 is 11.8 Å². The van der Waals surface area contributed by atoms with Crippen LogP contribution in [0.2, 0.25) is 0 Å². The van der Waals surface area contributed by atoms with E-state index in [4.69, 9.17) is 0 Å². The molecule has 0 amide bonds. The van der Waals surface area contributed by atoms with E-state index in [1.807, 2.05) is 6.26 Å². The Kier molecular flexibility index (Phi) is 3.20. The maximum absolute atomic E-state index is 12.4. The van der Waals surface area contributed by atoms with E-state index in [-0.39, 0.29) is 10.7 Å². The Labute approximate surface area is 101 Å². The minimum Gasteiger partial charge on any atom is -0.353 e. The summed E-state index contributed by atoms with van der Waals surface area (Å²) < 4.78 is 37.4. The van der Waals surface area contributed by atoms with E-state index in [0.29, 0.717) is 6.54 Å². The Morgan fingerprint density at radius 1 is 1.47 bits per heavy atom. The Morgan fingerprint density at radius 3 is 2.71 bits per heavy atom. The van der Waals surface area contributed by atoms with Crippen LogP contribution in [0.1, 0.15) is 18.5 Å². The molecule has 0 spiro atoms. The molecule has 1 fully saturated rings. The topological polar surface area (TPSA) is 37.8 Å². The second-order valence-electron chi connectivity index (χ2n) is 4.00. The molecule has 0 bridgehead atoms. The number of hydrogen-bond acceptors (Lipinski definition) is 4. The molecule has 0 aliphatic heterocycles. The molecule has 0 radical (unpaired) electrons. The first-order valence-electron chi connectivity index (χ1n) is 5.14. The van der Waals surface area contributed by atoms with Crippen LogP contribution in [0.4, 0.5) is 19.1 Å². The number of alkyl halides is 3. The molecule has 1 saturated carbocycles. The van der Waals surface area contributed by atoms with Crippen LogP contribution in [0.15, 0.2) is 12.3 Å². The van der Waals surface area contributed by atoms with Gasteiger partial charge >= 0.3 is 6.18 Å². The van der Waals surface area contributed by atoms with Gasteiger partial charge in [0.05, 0.1) is 0 Å². The van der Waals surface area contributed by atoms with Crippen molar-refractivity contribution in [3.05, 3.63) is 18.0 Å². The number of hydrogen-bond donors (Lipinski definition) is 1. The lowest BCUT2D eigenvalue weighted by atomic mass is 10.4. The molecule has 0 unspecified atom stereocenters. The highest BCUT2D eigenvalue weighted by atomic mass is 32.2. The smallest absolute Gasteiger partial charge is 0.353 e. The Morgan fingerprint density at radius 2 is 2.18 bits per heavy atom. The second-order valence-corrected chi connectivity index (χ2v) is 5.28. The SMILES string of the molecule is CSC1(CNc2nccc(C(F)(F)F)n2)CC1. The molecule has 1 aromatic rings. The van der Waals surface area contributed by atoms with Crippen molar-refractivity contribution in [2.45, 2.75) is 23.8 Å². The lowest BCUT2D eigenvalue weighted by Gasteiger charge is -2.13. The van der Waals surface area contributed by atoms with Crippen molar-refractivity contribution >= 4 is 17.7 Å². The van der Waals surface area contributed by atoms with Crippen LogP contribution in [0.3, 0.4) is 0 Å². The van der Waals surface area contributed by atoms with Gasteiger partial charge in [-0.3, -0.25) is 0 Å². The van der Waals surface area contributed by atoms with Crippen molar-refractivity contribution < 1.29 is 13.2 Å². The Hall–Kier alpha value is -0.980. The number of anilines is 1. The van der Waals surface area contributed by atoms with Gasteiger partial charge in [0.15, 0.2) is 0 Å². The molecule has 1 aliphatic rings. The number of nitrogens with one attached hydrogen (secondary N) is 1. The van der Waals surface area contributed by atoms with Crippen LogP contribution in [0, 0.1) is 0 Å². The molecular weight excluding hydrogens is 251 g/mol. The van der Waals surface area contributed by atoms with Crippen molar-refractivity contribution in [3.63, 3.8) is 0 Å². The highest BCUT2D eigenvalue weighted by Gasteiger charge is 2.41. The van der Waals surface area contributed by atoms with Gasteiger partial charge in [0, 0.05) is 17.5 Å². The number of halogens is 3. The molecule has 1 aromatic heterocycles. The first kappa shape index (κ1) is 12.5. The lowest BCUT2D eigenvalue weighted by molar-refractivity contribution is -0.141. The van der Waals surface area contributed by atoms with Crippen LogP contribution in [-0.2, 0) is 6.18 Å². The molecule has 0 saturated heterocycles. The average molecular weight is 263 g/mol. The molecule has 1 heterocycles. The molecule has 17 heavy (non-hydrogen) atoms. The van der Waals surface area contributed by atoms with Crippen LogP contribution in [-0.4, -0.2) is 27.5 Å². The van der Waals surface area contributed by atoms with Crippen molar-refractivity contribution in [1.29, 1.82) is 0 Å². The Bertz CT molecular complexity index is 404.